The molecular formula is C14H20N2O4. The van der Waals surface area contributed by atoms with Crippen LogP contribution in [0.1, 0.15) is 42.6 Å². The molecule has 1 rings (SSSR count). The number of anilines is 1. The van der Waals surface area contributed by atoms with Crippen LogP contribution in [0.4, 0.5) is 11.4 Å². The summed E-state index contributed by atoms with van der Waals surface area (Å²) >= 11 is 0. The number of nitrogen functional groups attached to an aromatic ring is 1. The van der Waals surface area contributed by atoms with Crippen LogP contribution in [-0.4, -0.2) is 17.5 Å². The molecule has 2 N–H and O–H groups in total. The zero-order valence-corrected chi connectivity index (χ0v) is 12.0. The molecular weight excluding hydrogens is 260 g/mol. The lowest BCUT2D eigenvalue weighted by atomic mass is 10.1. The van der Waals surface area contributed by atoms with Crippen LogP contribution in [0.5, 0.6) is 0 Å². The summed E-state index contributed by atoms with van der Waals surface area (Å²) in [5, 5.41) is 10.9. The molecule has 0 heterocycles. The van der Waals surface area contributed by atoms with Gasteiger partial charge in [-0.25, -0.2) is 4.79 Å². The standard InChI is InChI=1S/C14H20N2O4/c1-4-5-9(2)8-20-14(17)11-6-10(3)7-12(13(11)15)16(18)19/h6-7,9H,4-5,8,15H2,1-3H3. The molecule has 1 unspecified atom stereocenters. The Bertz CT molecular complexity index is 514. The van der Waals surface area contributed by atoms with Crippen molar-refractivity contribution < 1.29 is 14.5 Å². The van der Waals surface area contributed by atoms with E-state index in [0.29, 0.717) is 5.56 Å². The van der Waals surface area contributed by atoms with Crippen LogP contribution < -0.4 is 5.73 Å². The molecule has 1 atom stereocenters. The largest absolute Gasteiger partial charge is 0.462 e. The van der Waals surface area contributed by atoms with E-state index in [0.717, 1.165) is 12.8 Å². The summed E-state index contributed by atoms with van der Waals surface area (Å²) in [6.07, 6.45) is 1.97. The molecule has 6 heteroatoms. The topological polar surface area (TPSA) is 95.5 Å². The quantitative estimate of drug-likeness (QED) is 0.374. The van der Waals surface area contributed by atoms with E-state index in [1.54, 1.807) is 6.92 Å². The molecule has 1 aromatic carbocycles. The van der Waals surface area contributed by atoms with Crippen LogP contribution >= 0.6 is 0 Å². The molecule has 0 amide bonds. The second kappa shape index (κ2) is 6.88. The Morgan fingerprint density at radius 2 is 2.15 bits per heavy atom. The Morgan fingerprint density at radius 3 is 2.70 bits per heavy atom. The zero-order chi connectivity index (χ0) is 15.3. The summed E-state index contributed by atoms with van der Waals surface area (Å²) in [6.45, 7) is 6.00. The molecule has 0 aliphatic heterocycles. The molecule has 0 aliphatic carbocycles. The van der Waals surface area contributed by atoms with E-state index in [2.05, 4.69) is 6.92 Å². The highest BCUT2D eigenvalue weighted by molar-refractivity contribution is 5.97. The molecule has 6 nitrogen and oxygen atoms in total. The average Bonchev–Trinajstić information content (AvgIpc) is 2.38. The number of esters is 1. The summed E-state index contributed by atoms with van der Waals surface area (Å²) in [4.78, 5) is 22.3. The first-order chi connectivity index (χ1) is 9.36. The lowest BCUT2D eigenvalue weighted by Crippen LogP contribution is -2.14. The van der Waals surface area contributed by atoms with Gasteiger partial charge < -0.3 is 10.5 Å². The van der Waals surface area contributed by atoms with E-state index in [4.69, 9.17) is 10.5 Å². The van der Waals surface area contributed by atoms with Gasteiger partial charge in [0.1, 0.15) is 5.69 Å². The monoisotopic (exact) mass is 280 g/mol. The van der Waals surface area contributed by atoms with Crippen LogP contribution in [0.25, 0.3) is 0 Å². The third-order valence-electron chi connectivity index (χ3n) is 3.00. The maximum absolute atomic E-state index is 12.0. The number of benzene rings is 1. The van der Waals surface area contributed by atoms with Gasteiger partial charge in [-0.3, -0.25) is 10.1 Å². The zero-order valence-electron chi connectivity index (χ0n) is 12.0. The van der Waals surface area contributed by atoms with Crippen molar-refractivity contribution in [1.29, 1.82) is 0 Å². The van der Waals surface area contributed by atoms with Crippen molar-refractivity contribution in [3.05, 3.63) is 33.4 Å². The summed E-state index contributed by atoms with van der Waals surface area (Å²) in [6, 6.07) is 2.85. The lowest BCUT2D eigenvalue weighted by molar-refractivity contribution is -0.384. The number of hydrogen-bond acceptors (Lipinski definition) is 5. The Hall–Kier alpha value is -2.11. The maximum Gasteiger partial charge on any atom is 0.340 e. The van der Waals surface area contributed by atoms with Crippen LogP contribution in [0.3, 0.4) is 0 Å². The van der Waals surface area contributed by atoms with Gasteiger partial charge in [0, 0.05) is 6.07 Å². The maximum atomic E-state index is 12.0. The molecule has 0 spiro atoms. The van der Waals surface area contributed by atoms with Crippen LogP contribution in [0.15, 0.2) is 12.1 Å². The van der Waals surface area contributed by atoms with E-state index >= 15 is 0 Å². The minimum Gasteiger partial charge on any atom is -0.462 e. The van der Waals surface area contributed by atoms with Crippen molar-refractivity contribution in [1.82, 2.24) is 0 Å². The molecule has 1 aromatic rings. The smallest absolute Gasteiger partial charge is 0.340 e. The fourth-order valence-corrected chi connectivity index (χ4v) is 1.97. The number of nitrogens with two attached hydrogens (primary N) is 1. The number of nitrogens with zero attached hydrogens (tertiary/aromatic N) is 1. The lowest BCUT2D eigenvalue weighted by Gasteiger charge is -2.12. The number of carbonyl (C=O) groups is 1. The first-order valence-electron chi connectivity index (χ1n) is 6.58. The summed E-state index contributed by atoms with van der Waals surface area (Å²) in [7, 11) is 0. The summed E-state index contributed by atoms with van der Waals surface area (Å²) in [5.41, 5.74) is 5.92. The number of nitro groups is 1. The van der Waals surface area contributed by atoms with E-state index < -0.39 is 10.9 Å². The molecule has 20 heavy (non-hydrogen) atoms. The van der Waals surface area contributed by atoms with Crippen LogP contribution in [-0.2, 0) is 4.74 Å². The third kappa shape index (κ3) is 3.94. The number of nitro benzene ring substituents is 1. The number of aryl methyl sites for hydroxylation is 1. The predicted octanol–water partition coefficient (Wildman–Crippen LogP) is 3.08. The molecule has 110 valence electrons. The van der Waals surface area contributed by atoms with Crippen molar-refractivity contribution in [3.8, 4) is 0 Å². The van der Waals surface area contributed by atoms with Gasteiger partial charge in [-0.15, -0.1) is 0 Å². The van der Waals surface area contributed by atoms with Crippen molar-refractivity contribution in [2.45, 2.75) is 33.6 Å². The normalized spacial score (nSPS) is 11.9. The fraction of sp³-hybridized carbons (Fsp3) is 0.500. The van der Waals surface area contributed by atoms with E-state index in [1.807, 2.05) is 6.92 Å². The van der Waals surface area contributed by atoms with Gasteiger partial charge >= 0.3 is 5.97 Å². The van der Waals surface area contributed by atoms with Gasteiger partial charge in [-0.05, 0) is 30.9 Å². The van der Waals surface area contributed by atoms with Gasteiger partial charge in [-0.2, -0.15) is 0 Å². The first kappa shape index (κ1) is 15.9. The number of carbonyl (C=O) groups excluding carboxylic acids is 1. The van der Waals surface area contributed by atoms with Crippen molar-refractivity contribution in [2.24, 2.45) is 5.92 Å². The molecule has 0 saturated heterocycles. The Balaban J connectivity index is 2.90. The third-order valence-corrected chi connectivity index (χ3v) is 3.00. The summed E-state index contributed by atoms with van der Waals surface area (Å²) in [5.74, 6) is -0.359. The number of hydrogen-bond donors (Lipinski definition) is 1. The van der Waals surface area contributed by atoms with Crippen molar-refractivity contribution >= 4 is 17.3 Å². The first-order valence-corrected chi connectivity index (χ1v) is 6.58. The van der Waals surface area contributed by atoms with Gasteiger partial charge in [-0.1, -0.05) is 20.3 Å². The molecule has 0 radical (unpaired) electrons. The van der Waals surface area contributed by atoms with E-state index in [-0.39, 0.29) is 29.5 Å². The second-order valence-electron chi connectivity index (χ2n) is 4.99. The molecule has 0 aliphatic rings. The Morgan fingerprint density at radius 1 is 1.50 bits per heavy atom. The van der Waals surface area contributed by atoms with Gasteiger partial charge in [0.2, 0.25) is 0 Å². The summed E-state index contributed by atoms with van der Waals surface area (Å²) < 4.78 is 5.17. The minimum atomic E-state index is -0.614. The Kier molecular flexibility index (Phi) is 5.49. The SMILES string of the molecule is CCCC(C)COC(=O)c1cc(C)cc([N+](=O)[O-])c1N. The van der Waals surface area contributed by atoms with Gasteiger partial charge in [0.05, 0.1) is 17.1 Å². The van der Waals surface area contributed by atoms with E-state index in [1.165, 1.54) is 12.1 Å². The number of rotatable bonds is 6. The molecule has 0 saturated carbocycles. The van der Waals surface area contributed by atoms with Crippen molar-refractivity contribution in [3.63, 3.8) is 0 Å². The Labute approximate surface area is 118 Å². The highest BCUT2D eigenvalue weighted by Crippen LogP contribution is 2.27. The second-order valence-corrected chi connectivity index (χ2v) is 4.99. The highest BCUT2D eigenvalue weighted by Gasteiger charge is 2.21. The molecule has 0 bridgehead atoms. The molecule has 0 fully saturated rings. The predicted molar refractivity (Wildman–Crippen MR) is 76.6 cm³/mol. The van der Waals surface area contributed by atoms with E-state index in [9.17, 15) is 14.9 Å². The molecule has 0 aromatic heterocycles. The fourth-order valence-electron chi connectivity index (χ4n) is 1.97. The van der Waals surface area contributed by atoms with Crippen LogP contribution in [0.2, 0.25) is 0 Å². The van der Waals surface area contributed by atoms with Gasteiger partial charge in [0.25, 0.3) is 5.69 Å². The van der Waals surface area contributed by atoms with Crippen LogP contribution in [0, 0.1) is 23.0 Å². The highest BCUT2D eigenvalue weighted by atomic mass is 16.6. The van der Waals surface area contributed by atoms with Gasteiger partial charge in [0.15, 0.2) is 0 Å². The van der Waals surface area contributed by atoms with Crippen molar-refractivity contribution in [2.75, 3.05) is 12.3 Å². The minimum absolute atomic E-state index is 0.0559. The number of ether oxygens (including phenoxy) is 1. The average molecular weight is 280 g/mol.